The molecule has 0 amide bonds. The Morgan fingerprint density at radius 3 is 2.47 bits per heavy atom. The van der Waals surface area contributed by atoms with E-state index >= 15 is 0 Å². The summed E-state index contributed by atoms with van der Waals surface area (Å²) in [6, 6.07) is 16.3. The molecule has 0 atom stereocenters. The molecule has 0 aliphatic carbocycles. The van der Waals surface area contributed by atoms with Crippen LogP contribution in [0.4, 0.5) is 0 Å². The third kappa shape index (κ3) is 2.66. The van der Waals surface area contributed by atoms with Gasteiger partial charge in [-0.2, -0.15) is 0 Å². The molecule has 0 heterocycles. The molecule has 2 nitrogen and oxygen atoms in total. The van der Waals surface area contributed by atoms with E-state index in [4.69, 9.17) is 10.5 Å². The maximum Gasteiger partial charge on any atom is 0.119 e. The van der Waals surface area contributed by atoms with Crippen molar-refractivity contribution in [3.63, 3.8) is 0 Å². The topological polar surface area (TPSA) is 35.2 Å². The van der Waals surface area contributed by atoms with Crippen LogP contribution in [-0.2, 0) is 6.54 Å². The van der Waals surface area contributed by atoms with E-state index in [0.717, 1.165) is 11.3 Å². The Morgan fingerprint density at radius 1 is 1.06 bits per heavy atom. The molecule has 0 aromatic heterocycles. The van der Waals surface area contributed by atoms with Crippen LogP contribution in [0.2, 0.25) is 0 Å². The third-order valence-corrected chi connectivity index (χ3v) is 2.69. The van der Waals surface area contributed by atoms with Crippen molar-refractivity contribution in [3.8, 4) is 16.9 Å². The van der Waals surface area contributed by atoms with Crippen molar-refractivity contribution in [2.75, 3.05) is 6.61 Å². The molecule has 0 radical (unpaired) electrons. The van der Waals surface area contributed by atoms with Gasteiger partial charge < -0.3 is 10.5 Å². The van der Waals surface area contributed by atoms with Gasteiger partial charge in [0.15, 0.2) is 0 Å². The number of ether oxygens (including phenoxy) is 1. The Morgan fingerprint density at radius 2 is 1.82 bits per heavy atom. The summed E-state index contributed by atoms with van der Waals surface area (Å²) in [4.78, 5) is 0. The third-order valence-electron chi connectivity index (χ3n) is 2.69. The lowest BCUT2D eigenvalue weighted by Crippen LogP contribution is -2.00. The summed E-state index contributed by atoms with van der Waals surface area (Å²) in [5.41, 5.74) is 9.28. The van der Waals surface area contributed by atoms with E-state index in [2.05, 4.69) is 18.2 Å². The predicted molar refractivity (Wildman–Crippen MR) is 70.9 cm³/mol. The summed E-state index contributed by atoms with van der Waals surface area (Å²) in [5, 5.41) is 0. The van der Waals surface area contributed by atoms with E-state index in [1.165, 1.54) is 11.1 Å². The monoisotopic (exact) mass is 227 g/mol. The molecule has 0 spiro atoms. The minimum Gasteiger partial charge on any atom is -0.494 e. The summed E-state index contributed by atoms with van der Waals surface area (Å²) in [6.07, 6.45) is 0. The lowest BCUT2D eigenvalue weighted by Gasteiger charge is -2.11. The molecule has 0 saturated heterocycles. The number of nitrogens with two attached hydrogens (primary N) is 1. The first-order valence-electron chi connectivity index (χ1n) is 5.86. The van der Waals surface area contributed by atoms with Crippen LogP contribution in [-0.4, -0.2) is 6.61 Å². The van der Waals surface area contributed by atoms with Gasteiger partial charge in [0.1, 0.15) is 5.75 Å². The molecule has 17 heavy (non-hydrogen) atoms. The zero-order valence-corrected chi connectivity index (χ0v) is 10.0. The minimum atomic E-state index is 0.519. The first kappa shape index (κ1) is 11.7. The lowest BCUT2D eigenvalue weighted by atomic mass is 9.99. The van der Waals surface area contributed by atoms with Crippen LogP contribution in [0.25, 0.3) is 11.1 Å². The van der Waals surface area contributed by atoms with Crippen LogP contribution in [0.5, 0.6) is 5.75 Å². The Hall–Kier alpha value is -1.80. The largest absolute Gasteiger partial charge is 0.494 e. The molecular weight excluding hydrogens is 210 g/mol. The van der Waals surface area contributed by atoms with E-state index in [9.17, 15) is 0 Å². The highest BCUT2D eigenvalue weighted by molar-refractivity contribution is 5.68. The molecule has 88 valence electrons. The average molecular weight is 227 g/mol. The molecule has 0 aliphatic heterocycles. The second-order valence-corrected chi connectivity index (χ2v) is 3.82. The summed E-state index contributed by atoms with van der Waals surface area (Å²) in [7, 11) is 0. The zero-order valence-electron chi connectivity index (χ0n) is 10.0. The molecule has 0 saturated carbocycles. The Labute approximate surface area is 102 Å². The summed E-state index contributed by atoms with van der Waals surface area (Å²) < 4.78 is 5.48. The van der Waals surface area contributed by atoms with E-state index in [1.54, 1.807) is 0 Å². The van der Waals surface area contributed by atoms with Crippen molar-refractivity contribution in [2.24, 2.45) is 5.73 Å². The first-order chi connectivity index (χ1) is 8.35. The summed E-state index contributed by atoms with van der Waals surface area (Å²) >= 11 is 0. The number of hydrogen-bond donors (Lipinski definition) is 1. The zero-order chi connectivity index (χ0) is 12.1. The number of benzene rings is 2. The van der Waals surface area contributed by atoms with Gasteiger partial charge in [-0.25, -0.2) is 0 Å². The van der Waals surface area contributed by atoms with Crippen LogP contribution < -0.4 is 10.5 Å². The Balaban J connectivity index is 2.41. The van der Waals surface area contributed by atoms with Crippen LogP contribution in [0, 0.1) is 0 Å². The highest BCUT2D eigenvalue weighted by Crippen LogP contribution is 2.27. The smallest absolute Gasteiger partial charge is 0.119 e. The van der Waals surface area contributed by atoms with Gasteiger partial charge in [0, 0.05) is 6.54 Å². The van der Waals surface area contributed by atoms with Gasteiger partial charge in [-0.15, -0.1) is 0 Å². The molecule has 0 bridgehead atoms. The fourth-order valence-electron chi connectivity index (χ4n) is 1.89. The van der Waals surface area contributed by atoms with Crippen molar-refractivity contribution >= 4 is 0 Å². The fraction of sp³-hybridized carbons (Fsp3) is 0.200. The molecule has 2 heteroatoms. The van der Waals surface area contributed by atoms with Gasteiger partial charge >= 0.3 is 0 Å². The van der Waals surface area contributed by atoms with E-state index in [-0.39, 0.29) is 0 Å². The van der Waals surface area contributed by atoms with Crippen LogP contribution >= 0.6 is 0 Å². The molecule has 0 aliphatic rings. The normalized spacial score (nSPS) is 10.2. The highest BCUT2D eigenvalue weighted by Gasteiger charge is 2.05. The van der Waals surface area contributed by atoms with E-state index in [1.807, 2.05) is 37.3 Å². The molecule has 2 rings (SSSR count). The van der Waals surface area contributed by atoms with Crippen LogP contribution in [0.3, 0.4) is 0 Å². The van der Waals surface area contributed by atoms with Gasteiger partial charge in [-0.1, -0.05) is 36.4 Å². The first-order valence-corrected chi connectivity index (χ1v) is 5.86. The van der Waals surface area contributed by atoms with Gasteiger partial charge in [0.2, 0.25) is 0 Å². The molecule has 0 fully saturated rings. The highest BCUT2D eigenvalue weighted by atomic mass is 16.5. The SMILES string of the molecule is CCOc1ccc(-c2ccccc2)c(CN)c1. The lowest BCUT2D eigenvalue weighted by molar-refractivity contribution is 0.340. The number of rotatable bonds is 4. The maximum absolute atomic E-state index is 5.80. The second-order valence-electron chi connectivity index (χ2n) is 3.82. The predicted octanol–water partition coefficient (Wildman–Crippen LogP) is 3.21. The minimum absolute atomic E-state index is 0.519. The molecule has 2 aromatic carbocycles. The average Bonchev–Trinajstić information content (AvgIpc) is 2.40. The standard InChI is InChI=1S/C15H17NO/c1-2-17-14-8-9-15(13(10-14)11-16)12-6-4-3-5-7-12/h3-10H,2,11,16H2,1H3. The van der Waals surface area contributed by atoms with Gasteiger partial charge in [0.05, 0.1) is 6.61 Å². The van der Waals surface area contributed by atoms with Crippen molar-refractivity contribution < 1.29 is 4.74 Å². The van der Waals surface area contributed by atoms with Crippen LogP contribution in [0.1, 0.15) is 12.5 Å². The van der Waals surface area contributed by atoms with E-state index in [0.29, 0.717) is 13.2 Å². The van der Waals surface area contributed by atoms with Crippen LogP contribution in [0.15, 0.2) is 48.5 Å². The molecule has 2 aromatic rings. The molecule has 2 N–H and O–H groups in total. The summed E-state index contributed by atoms with van der Waals surface area (Å²) in [6.45, 7) is 3.17. The van der Waals surface area contributed by atoms with E-state index < -0.39 is 0 Å². The Kier molecular flexibility index (Phi) is 3.78. The molecule has 0 unspecified atom stereocenters. The Bertz CT molecular complexity index is 480. The number of hydrogen-bond acceptors (Lipinski definition) is 2. The van der Waals surface area contributed by atoms with Gasteiger partial charge in [-0.05, 0) is 35.7 Å². The van der Waals surface area contributed by atoms with Crippen molar-refractivity contribution in [3.05, 3.63) is 54.1 Å². The van der Waals surface area contributed by atoms with Gasteiger partial charge in [-0.3, -0.25) is 0 Å². The fourth-order valence-corrected chi connectivity index (χ4v) is 1.89. The van der Waals surface area contributed by atoms with Crippen molar-refractivity contribution in [1.29, 1.82) is 0 Å². The van der Waals surface area contributed by atoms with Crippen molar-refractivity contribution in [1.82, 2.24) is 0 Å². The quantitative estimate of drug-likeness (QED) is 0.870. The summed E-state index contributed by atoms with van der Waals surface area (Å²) in [5.74, 6) is 0.882. The van der Waals surface area contributed by atoms with Crippen molar-refractivity contribution in [2.45, 2.75) is 13.5 Å². The van der Waals surface area contributed by atoms with Gasteiger partial charge in [0.25, 0.3) is 0 Å². The maximum atomic E-state index is 5.80. The second kappa shape index (κ2) is 5.51. The molecular formula is C15H17NO.